The van der Waals surface area contributed by atoms with Gasteiger partial charge in [0.05, 0.1) is 19.0 Å². The van der Waals surface area contributed by atoms with E-state index in [4.69, 9.17) is 4.74 Å². The predicted molar refractivity (Wildman–Crippen MR) is 97.3 cm³/mol. The van der Waals surface area contributed by atoms with Crippen LogP contribution in [0.1, 0.15) is 23.2 Å². The number of nitrogens with one attached hydrogen (secondary N) is 2. The molecule has 2 heterocycles. The molecular formula is C18H23N5O2. The predicted octanol–water partition coefficient (Wildman–Crippen LogP) is 1.93. The molecule has 0 atom stereocenters. The van der Waals surface area contributed by atoms with Gasteiger partial charge in [-0.1, -0.05) is 6.07 Å². The highest BCUT2D eigenvalue weighted by Crippen LogP contribution is 2.20. The van der Waals surface area contributed by atoms with E-state index in [1.807, 2.05) is 12.1 Å². The Kier molecular flexibility index (Phi) is 5.66. The minimum absolute atomic E-state index is 0.127. The van der Waals surface area contributed by atoms with Gasteiger partial charge < -0.3 is 20.3 Å². The first kappa shape index (κ1) is 17.0. The summed E-state index contributed by atoms with van der Waals surface area (Å²) in [6, 6.07) is 9.09. The van der Waals surface area contributed by atoms with Gasteiger partial charge in [-0.15, -0.1) is 5.10 Å². The number of aromatic nitrogens is 2. The summed E-state index contributed by atoms with van der Waals surface area (Å²) < 4.78 is 5.13. The molecule has 0 spiro atoms. The fourth-order valence-corrected chi connectivity index (χ4v) is 2.82. The lowest BCUT2D eigenvalue weighted by molar-refractivity contribution is 0.0955. The second-order valence-corrected chi connectivity index (χ2v) is 5.91. The summed E-state index contributed by atoms with van der Waals surface area (Å²) in [4.78, 5) is 14.4. The van der Waals surface area contributed by atoms with Crippen LogP contribution in [0, 0.1) is 0 Å². The zero-order chi connectivity index (χ0) is 17.5. The summed E-state index contributed by atoms with van der Waals surface area (Å²) >= 11 is 0. The lowest BCUT2D eigenvalue weighted by Gasteiger charge is -2.17. The standard InChI is InChI=1S/C18H23N5O2/c1-25-16-6-4-5-14(11-16)18(24)20-8-7-19-17-12-15(13-21-22-17)23-9-2-3-10-23/h4-6,11-13H,2-3,7-10H2,1H3,(H,19,22)(H,20,24). The summed E-state index contributed by atoms with van der Waals surface area (Å²) in [7, 11) is 1.58. The minimum Gasteiger partial charge on any atom is -0.497 e. The van der Waals surface area contributed by atoms with Crippen LogP contribution in [-0.4, -0.2) is 49.4 Å². The van der Waals surface area contributed by atoms with Gasteiger partial charge in [-0.25, -0.2) is 0 Å². The first-order valence-corrected chi connectivity index (χ1v) is 8.50. The van der Waals surface area contributed by atoms with Crippen molar-refractivity contribution < 1.29 is 9.53 Å². The van der Waals surface area contributed by atoms with Crippen molar-refractivity contribution in [2.75, 3.05) is 43.5 Å². The maximum absolute atomic E-state index is 12.1. The Morgan fingerprint density at radius 1 is 1.24 bits per heavy atom. The Labute approximate surface area is 147 Å². The van der Waals surface area contributed by atoms with Gasteiger partial charge in [0, 0.05) is 37.8 Å². The molecule has 0 unspecified atom stereocenters. The molecule has 25 heavy (non-hydrogen) atoms. The molecule has 0 aliphatic carbocycles. The molecule has 1 saturated heterocycles. The van der Waals surface area contributed by atoms with Crippen LogP contribution < -0.4 is 20.3 Å². The average molecular weight is 341 g/mol. The van der Waals surface area contributed by atoms with Crippen LogP contribution >= 0.6 is 0 Å². The molecule has 1 aromatic carbocycles. The van der Waals surface area contributed by atoms with Crippen LogP contribution in [-0.2, 0) is 0 Å². The second kappa shape index (κ2) is 8.32. The molecule has 3 rings (SSSR count). The van der Waals surface area contributed by atoms with E-state index >= 15 is 0 Å². The van der Waals surface area contributed by atoms with E-state index in [0.717, 1.165) is 24.6 Å². The third-order valence-corrected chi connectivity index (χ3v) is 4.16. The van der Waals surface area contributed by atoms with E-state index in [0.29, 0.717) is 24.4 Å². The molecule has 0 saturated carbocycles. The van der Waals surface area contributed by atoms with Crippen LogP contribution in [0.4, 0.5) is 11.5 Å². The molecule has 2 N–H and O–H groups in total. The summed E-state index contributed by atoms with van der Waals surface area (Å²) in [5.74, 6) is 1.26. The lowest BCUT2D eigenvalue weighted by Crippen LogP contribution is -2.29. The van der Waals surface area contributed by atoms with Gasteiger partial charge in [-0.3, -0.25) is 4.79 Å². The molecule has 0 radical (unpaired) electrons. The molecular weight excluding hydrogens is 318 g/mol. The zero-order valence-corrected chi connectivity index (χ0v) is 14.4. The number of ether oxygens (including phenoxy) is 1. The van der Waals surface area contributed by atoms with Crippen molar-refractivity contribution in [1.29, 1.82) is 0 Å². The monoisotopic (exact) mass is 341 g/mol. The van der Waals surface area contributed by atoms with Crippen LogP contribution in [0.2, 0.25) is 0 Å². The fraction of sp³-hybridized carbons (Fsp3) is 0.389. The number of benzene rings is 1. The molecule has 7 heteroatoms. The third-order valence-electron chi connectivity index (χ3n) is 4.16. The Balaban J connectivity index is 1.46. The summed E-state index contributed by atoms with van der Waals surface area (Å²) in [5.41, 5.74) is 1.67. The van der Waals surface area contributed by atoms with Gasteiger partial charge in [0.1, 0.15) is 5.75 Å². The highest BCUT2D eigenvalue weighted by molar-refractivity contribution is 5.94. The van der Waals surface area contributed by atoms with Gasteiger partial charge >= 0.3 is 0 Å². The first-order valence-electron chi connectivity index (χ1n) is 8.50. The van der Waals surface area contributed by atoms with Crippen molar-refractivity contribution in [3.8, 4) is 5.75 Å². The maximum atomic E-state index is 12.1. The SMILES string of the molecule is COc1cccc(C(=O)NCCNc2cc(N3CCCC3)cnn2)c1. The number of methoxy groups -OCH3 is 1. The number of carbonyl (C=O) groups is 1. The largest absolute Gasteiger partial charge is 0.497 e. The fourth-order valence-electron chi connectivity index (χ4n) is 2.82. The number of hydrogen-bond acceptors (Lipinski definition) is 6. The topological polar surface area (TPSA) is 79.4 Å². The van der Waals surface area contributed by atoms with Crippen molar-refractivity contribution in [1.82, 2.24) is 15.5 Å². The van der Waals surface area contributed by atoms with Crippen molar-refractivity contribution in [2.24, 2.45) is 0 Å². The third kappa shape index (κ3) is 4.59. The number of carbonyl (C=O) groups excluding carboxylic acids is 1. The first-order chi connectivity index (χ1) is 12.3. The maximum Gasteiger partial charge on any atom is 0.251 e. The molecule has 132 valence electrons. The van der Waals surface area contributed by atoms with Gasteiger partial charge in [0.25, 0.3) is 5.91 Å². The molecule has 1 aliphatic rings. The Morgan fingerprint density at radius 2 is 2.08 bits per heavy atom. The van der Waals surface area contributed by atoms with Gasteiger partial charge in [0.15, 0.2) is 5.82 Å². The van der Waals surface area contributed by atoms with E-state index in [1.165, 1.54) is 12.8 Å². The Hall–Kier alpha value is -2.83. The normalized spacial score (nSPS) is 13.6. The summed E-state index contributed by atoms with van der Waals surface area (Å²) in [5, 5.41) is 14.2. The highest BCUT2D eigenvalue weighted by atomic mass is 16.5. The zero-order valence-electron chi connectivity index (χ0n) is 14.4. The van der Waals surface area contributed by atoms with Crippen molar-refractivity contribution in [2.45, 2.75) is 12.8 Å². The molecule has 2 aromatic rings. The van der Waals surface area contributed by atoms with Crippen molar-refractivity contribution in [3.05, 3.63) is 42.1 Å². The van der Waals surface area contributed by atoms with Crippen molar-refractivity contribution in [3.63, 3.8) is 0 Å². The van der Waals surface area contributed by atoms with E-state index < -0.39 is 0 Å². The Bertz CT molecular complexity index is 716. The van der Waals surface area contributed by atoms with E-state index in [-0.39, 0.29) is 5.91 Å². The van der Waals surface area contributed by atoms with Crippen LogP contribution in [0.15, 0.2) is 36.5 Å². The number of anilines is 2. The molecule has 7 nitrogen and oxygen atoms in total. The van der Waals surface area contributed by atoms with Crippen LogP contribution in [0.3, 0.4) is 0 Å². The summed E-state index contributed by atoms with van der Waals surface area (Å²) in [6.07, 6.45) is 4.24. The minimum atomic E-state index is -0.127. The van der Waals surface area contributed by atoms with Crippen LogP contribution in [0.25, 0.3) is 0 Å². The molecule has 0 bridgehead atoms. The van der Waals surface area contributed by atoms with E-state index in [9.17, 15) is 4.79 Å². The molecule has 1 aromatic heterocycles. The number of nitrogens with zero attached hydrogens (tertiary/aromatic N) is 3. The lowest BCUT2D eigenvalue weighted by atomic mass is 10.2. The number of rotatable bonds is 7. The Morgan fingerprint density at radius 3 is 2.88 bits per heavy atom. The molecule has 1 fully saturated rings. The smallest absolute Gasteiger partial charge is 0.251 e. The number of hydrogen-bond donors (Lipinski definition) is 2. The quantitative estimate of drug-likeness (QED) is 0.749. The van der Waals surface area contributed by atoms with Gasteiger partial charge in [-0.2, -0.15) is 5.10 Å². The van der Waals surface area contributed by atoms with E-state index in [2.05, 4.69) is 25.7 Å². The van der Waals surface area contributed by atoms with Gasteiger partial charge in [0.2, 0.25) is 0 Å². The number of amides is 1. The highest BCUT2D eigenvalue weighted by Gasteiger charge is 2.13. The van der Waals surface area contributed by atoms with Crippen molar-refractivity contribution >= 4 is 17.4 Å². The van der Waals surface area contributed by atoms with E-state index in [1.54, 1.807) is 31.5 Å². The van der Waals surface area contributed by atoms with Crippen LogP contribution in [0.5, 0.6) is 5.75 Å². The average Bonchev–Trinajstić information content (AvgIpc) is 3.20. The molecule has 1 aliphatic heterocycles. The molecule has 1 amide bonds. The van der Waals surface area contributed by atoms with Gasteiger partial charge in [-0.05, 0) is 31.0 Å². The second-order valence-electron chi connectivity index (χ2n) is 5.91. The summed E-state index contributed by atoms with van der Waals surface area (Å²) in [6.45, 7) is 3.21.